The summed E-state index contributed by atoms with van der Waals surface area (Å²) in [6.07, 6.45) is -0.616. The fourth-order valence-electron chi connectivity index (χ4n) is 4.13. The van der Waals surface area contributed by atoms with Gasteiger partial charge in [0.15, 0.2) is 0 Å². The first-order chi connectivity index (χ1) is 16.2. The van der Waals surface area contributed by atoms with E-state index in [-0.39, 0.29) is 30.9 Å². The molecule has 1 aliphatic carbocycles. The van der Waals surface area contributed by atoms with E-state index in [4.69, 9.17) is 21.1 Å². The molecule has 182 valence electrons. The number of aromatic amines is 1. The number of esters is 1. The molecular weight excluding hydrogens is 471 g/mol. The molecule has 1 fully saturated rings. The lowest BCUT2D eigenvalue weighted by Gasteiger charge is -2.19. The maximum Gasteiger partial charge on any atom is 0.419 e. The predicted molar refractivity (Wildman–Crippen MR) is 122 cm³/mol. The van der Waals surface area contributed by atoms with Gasteiger partial charge in [0.2, 0.25) is 0 Å². The minimum atomic E-state index is -4.53. The molecule has 1 heterocycles. The van der Waals surface area contributed by atoms with Gasteiger partial charge in [0.1, 0.15) is 18.1 Å². The smallest absolute Gasteiger partial charge is 0.419 e. The van der Waals surface area contributed by atoms with Crippen LogP contribution < -0.4 is 9.47 Å². The van der Waals surface area contributed by atoms with Gasteiger partial charge in [0.05, 0.1) is 30.2 Å². The van der Waals surface area contributed by atoms with Crippen molar-refractivity contribution >= 4 is 28.5 Å². The molecule has 1 aromatic heterocycles. The Labute approximate surface area is 200 Å². The second-order valence-corrected chi connectivity index (χ2v) is 8.72. The highest BCUT2D eigenvalue weighted by molar-refractivity contribution is 6.36. The Morgan fingerprint density at radius 2 is 1.91 bits per heavy atom. The second kappa shape index (κ2) is 10.2. The number of hydrogen-bond donors (Lipinski definition) is 1. The lowest BCUT2D eigenvalue weighted by Crippen LogP contribution is -2.16. The van der Waals surface area contributed by atoms with E-state index in [1.165, 1.54) is 13.2 Å². The molecule has 0 aliphatic heterocycles. The molecule has 0 bridgehead atoms. The summed E-state index contributed by atoms with van der Waals surface area (Å²) >= 11 is 6.45. The summed E-state index contributed by atoms with van der Waals surface area (Å²) < 4.78 is 57.0. The summed E-state index contributed by atoms with van der Waals surface area (Å²) in [4.78, 5) is 14.6. The molecule has 2 aromatic carbocycles. The highest BCUT2D eigenvalue weighted by Gasteiger charge is 2.35. The molecule has 34 heavy (non-hydrogen) atoms. The molecule has 9 heteroatoms. The summed E-state index contributed by atoms with van der Waals surface area (Å²) in [5, 5.41) is 1.17. The second-order valence-electron chi connectivity index (χ2n) is 8.34. The molecule has 0 saturated heterocycles. The molecule has 4 rings (SSSR count). The minimum absolute atomic E-state index is 0.0461. The van der Waals surface area contributed by atoms with Gasteiger partial charge in [-0.1, -0.05) is 17.7 Å². The number of rotatable bonds is 8. The van der Waals surface area contributed by atoms with Crippen LogP contribution in [-0.4, -0.2) is 24.2 Å². The number of fused-ring (bicyclic) bond motifs is 1. The topological polar surface area (TPSA) is 60.6 Å². The van der Waals surface area contributed by atoms with Crippen LogP contribution in [-0.2, 0) is 28.7 Å². The number of halogens is 4. The summed E-state index contributed by atoms with van der Waals surface area (Å²) in [6.45, 7) is -0.0461. The molecule has 3 aromatic rings. The van der Waals surface area contributed by atoms with Crippen molar-refractivity contribution in [2.45, 2.75) is 57.4 Å². The normalized spacial score (nSPS) is 14.5. The Kier molecular flexibility index (Phi) is 7.26. The van der Waals surface area contributed by atoms with Crippen LogP contribution in [0.4, 0.5) is 13.2 Å². The third-order valence-corrected chi connectivity index (χ3v) is 6.37. The lowest BCUT2D eigenvalue weighted by atomic mass is 10.1. The van der Waals surface area contributed by atoms with E-state index >= 15 is 0 Å². The molecule has 5 nitrogen and oxygen atoms in total. The first kappa shape index (κ1) is 24.3. The summed E-state index contributed by atoms with van der Waals surface area (Å²) in [6, 6.07) is 9.25. The van der Waals surface area contributed by atoms with Crippen molar-refractivity contribution in [3.05, 3.63) is 58.2 Å². The van der Waals surface area contributed by atoms with Gasteiger partial charge < -0.3 is 19.2 Å². The Balaban J connectivity index is 1.48. The maximum atomic E-state index is 13.7. The van der Waals surface area contributed by atoms with E-state index in [0.29, 0.717) is 33.8 Å². The monoisotopic (exact) mass is 495 g/mol. The zero-order valence-corrected chi connectivity index (χ0v) is 19.4. The fraction of sp³-hybridized carbons (Fsp3) is 0.400. The molecule has 1 aliphatic rings. The molecular formula is C25H25ClF3NO4. The fourth-order valence-corrected chi connectivity index (χ4v) is 4.43. The van der Waals surface area contributed by atoms with Crippen molar-refractivity contribution in [2.24, 2.45) is 0 Å². The van der Waals surface area contributed by atoms with Crippen molar-refractivity contribution < 1.29 is 32.2 Å². The van der Waals surface area contributed by atoms with Crippen LogP contribution in [0, 0.1) is 0 Å². The van der Waals surface area contributed by atoms with Crippen LogP contribution in [0.3, 0.4) is 0 Å². The van der Waals surface area contributed by atoms with Crippen LogP contribution in [0.5, 0.6) is 11.5 Å². The molecule has 0 atom stereocenters. The number of alkyl halides is 3. The predicted octanol–water partition coefficient (Wildman–Crippen LogP) is 6.85. The summed E-state index contributed by atoms with van der Waals surface area (Å²) in [5.41, 5.74) is 1.06. The van der Waals surface area contributed by atoms with Crippen molar-refractivity contribution in [1.29, 1.82) is 0 Å². The van der Waals surface area contributed by atoms with Gasteiger partial charge in [-0.2, -0.15) is 13.2 Å². The Morgan fingerprint density at radius 3 is 2.62 bits per heavy atom. The van der Waals surface area contributed by atoms with Crippen LogP contribution >= 0.6 is 11.6 Å². The van der Waals surface area contributed by atoms with Crippen molar-refractivity contribution in [1.82, 2.24) is 4.98 Å². The Hall–Kier alpha value is -2.87. The van der Waals surface area contributed by atoms with E-state index in [1.807, 2.05) is 0 Å². The zero-order chi connectivity index (χ0) is 24.3. The number of H-pyrrole nitrogens is 1. The first-order valence-corrected chi connectivity index (χ1v) is 11.5. The number of methoxy groups -OCH3 is 1. The Morgan fingerprint density at radius 1 is 1.15 bits per heavy atom. The lowest BCUT2D eigenvalue weighted by molar-refractivity contribution is -0.141. The molecule has 0 spiro atoms. The highest BCUT2D eigenvalue weighted by atomic mass is 35.5. The van der Waals surface area contributed by atoms with Crippen LogP contribution in [0.1, 0.15) is 48.9 Å². The van der Waals surface area contributed by atoms with Crippen molar-refractivity contribution in [2.75, 3.05) is 7.11 Å². The van der Waals surface area contributed by atoms with E-state index in [9.17, 15) is 18.0 Å². The number of benzene rings is 2. The number of ether oxygens (including phenoxy) is 3. The average molecular weight is 496 g/mol. The standard InChI is InChI=1S/C25H25ClF3NO4/c1-32-23(31)11-9-21-24(26)18-13-17(7-8-20(18)30-21)33-14-15-6-10-22(19(12-15)25(27,28)29)34-16-4-2-3-5-16/h6-8,10,12-13,16,30H,2-5,9,11,14H2,1H3. The van der Waals surface area contributed by atoms with Gasteiger partial charge >= 0.3 is 12.1 Å². The summed E-state index contributed by atoms with van der Waals surface area (Å²) in [7, 11) is 1.33. The van der Waals surface area contributed by atoms with E-state index in [0.717, 1.165) is 37.3 Å². The van der Waals surface area contributed by atoms with E-state index in [2.05, 4.69) is 9.72 Å². The summed E-state index contributed by atoms with van der Waals surface area (Å²) in [5.74, 6) is -0.00690. The molecule has 0 radical (unpaired) electrons. The minimum Gasteiger partial charge on any atom is -0.490 e. The third kappa shape index (κ3) is 5.60. The van der Waals surface area contributed by atoms with Gasteiger partial charge in [-0.05, 0) is 68.0 Å². The van der Waals surface area contributed by atoms with Gasteiger partial charge in [0, 0.05) is 16.6 Å². The van der Waals surface area contributed by atoms with Crippen LogP contribution in [0.15, 0.2) is 36.4 Å². The van der Waals surface area contributed by atoms with Crippen LogP contribution in [0.25, 0.3) is 10.9 Å². The first-order valence-electron chi connectivity index (χ1n) is 11.1. The van der Waals surface area contributed by atoms with Gasteiger partial charge in [-0.25, -0.2) is 0 Å². The highest BCUT2D eigenvalue weighted by Crippen LogP contribution is 2.39. The number of nitrogens with one attached hydrogen (secondary N) is 1. The molecule has 0 unspecified atom stereocenters. The number of carbonyl (C=O) groups excluding carboxylic acids is 1. The van der Waals surface area contributed by atoms with Gasteiger partial charge in [-0.3, -0.25) is 4.79 Å². The van der Waals surface area contributed by atoms with E-state index < -0.39 is 11.7 Å². The number of aryl methyl sites for hydroxylation is 1. The molecule has 1 N–H and O–H groups in total. The van der Waals surface area contributed by atoms with Gasteiger partial charge in [-0.15, -0.1) is 0 Å². The number of aromatic nitrogens is 1. The number of hydrogen-bond acceptors (Lipinski definition) is 4. The van der Waals surface area contributed by atoms with Crippen molar-refractivity contribution in [3.8, 4) is 11.5 Å². The number of carbonyl (C=O) groups is 1. The average Bonchev–Trinajstić information content (AvgIpc) is 3.43. The van der Waals surface area contributed by atoms with E-state index in [1.54, 1.807) is 24.3 Å². The molecule has 1 saturated carbocycles. The largest absolute Gasteiger partial charge is 0.490 e. The van der Waals surface area contributed by atoms with Crippen molar-refractivity contribution in [3.63, 3.8) is 0 Å². The third-order valence-electron chi connectivity index (χ3n) is 5.94. The maximum absolute atomic E-state index is 13.7. The quantitative estimate of drug-likeness (QED) is 0.347. The SMILES string of the molecule is COC(=O)CCc1[nH]c2ccc(OCc3ccc(OC4CCCC4)c(C(F)(F)F)c3)cc2c1Cl. The molecule has 0 amide bonds. The zero-order valence-electron chi connectivity index (χ0n) is 18.6. The van der Waals surface area contributed by atoms with Gasteiger partial charge in [0.25, 0.3) is 0 Å². The van der Waals surface area contributed by atoms with Crippen LogP contribution in [0.2, 0.25) is 5.02 Å². The Bertz CT molecular complexity index is 1170.